The van der Waals surface area contributed by atoms with E-state index in [-0.39, 0.29) is 5.69 Å². The van der Waals surface area contributed by atoms with Crippen LogP contribution < -0.4 is 4.72 Å². The SMILES string of the molecule is Cc1cc(/C=C/C(=O)O)ccc1NS(=O)(=O)C(F)F. The third-order valence-electron chi connectivity index (χ3n) is 2.16. The molecule has 0 aliphatic heterocycles. The van der Waals surface area contributed by atoms with Crippen molar-refractivity contribution < 1.29 is 27.1 Å². The molecule has 0 amide bonds. The number of hydrogen-bond donors (Lipinski definition) is 2. The number of aliphatic carboxylic acids is 1. The number of rotatable bonds is 5. The number of aryl methyl sites for hydroxylation is 1. The van der Waals surface area contributed by atoms with Gasteiger partial charge in [0.2, 0.25) is 0 Å². The summed E-state index contributed by atoms with van der Waals surface area (Å²) < 4.78 is 48.1. The van der Waals surface area contributed by atoms with Crippen LogP contribution in [0.1, 0.15) is 11.1 Å². The number of carboxylic acid groups (broad SMARTS) is 1. The Labute approximate surface area is 108 Å². The Morgan fingerprint density at radius 1 is 1.42 bits per heavy atom. The van der Waals surface area contributed by atoms with Crippen LogP contribution in [0, 0.1) is 6.92 Å². The highest BCUT2D eigenvalue weighted by Gasteiger charge is 2.24. The quantitative estimate of drug-likeness (QED) is 0.813. The molecule has 5 nitrogen and oxygen atoms in total. The molecule has 0 saturated carbocycles. The highest BCUT2D eigenvalue weighted by Crippen LogP contribution is 2.20. The molecular formula is C11H11F2NO4S. The largest absolute Gasteiger partial charge is 0.478 e. The lowest BCUT2D eigenvalue weighted by molar-refractivity contribution is -0.131. The Morgan fingerprint density at radius 2 is 2.05 bits per heavy atom. The normalized spacial score (nSPS) is 12.0. The van der Waals surface area contributed by atoms with Gasteiger partial charge in [-0.3, -0.25) is 4.72 Å². The number of alkyl halides is 2. The van der Waals surface area contributed by atoms with Crippen molar-refractivity contribution in [3.63, 3.8) is 0 Å². The molecule has 0 heterocycles. The van der Waals surface area contributed by atoms with Gasteiger partial charge >= 0.3 is 11.7 Å². The summed E-state index contributed by atoms with van der Waals surface area (Å²) in [4.78, 5) is 10.3. The molecule has 0 aliphatic carbocycles. The molecule has 0 aromatic heterocycles. The van der Waals surface area contributed by atoms with Crippen LogP contribution in [-0.2, 0) is 14.8 Å². The van der Waals surface area contributed by atoms with E-state index < -0.39 is 21.8 Å². The van der Waals surface area contributed by atoms with E-state index in [1.54, 1.807) is 4.72 Å². The maximum absolute atomic E-state index is 12.2. The Hall–Kier alpha value is -1.96. The molecule has 1 rings (SSSR count). The number of sulfonamides is 1. The van der Waals surface area contributed by atoms with E-state index in [2.05, 4.69) is 0 Å². The molecule has 2 N–H and O–H groups in total. The fourth-order valence-corrected chi connectivity index (χ4v) is 1.90. The summed E-state index contributed by atoms with van der Waals surface area (Å²) in [6.07, 6.45) is 2.22. The topological polar surface area (TPSA) is 83.5 Å². The van der Waals surface area contributed by atoms with Gasteiger partial charge in [0.15, 0.2) is 0 Å². The maximum Gasteiger partial charge on any atom is 0.355 e. The van der Waals surface area contributed by atoms with Crippen molar-refractivity contribution in [1.29, 1.82) is 0 Å². The van der Waals surface area contributed by atoms with Gasteiger partial charge in [-0.05, 0) is 36.3 Å². The van der Waals surface area contributed by atoms with Crippen molar-refractivity contribution >= 4 is 27.8 Å². The number of carboxylic acids is 1. The van der Waals surface area contributed by atoms with Crippen molar-refractivity contribution in [2.45, 2.75) is 12.7 Å². The third kappa shape index (κ3) is 4.32. The van der Waals surface area contributed by atoms with Gasteiger partial charge in [-0.1, -0.05) is 6.07 Å². The summed E-state index contributed by atoms with van der Waals surface area (Å²) >= 11 is 0. The molecule has 8 heteroatoms. The lowest BCUT2D eigenvalue weighted by atomic mass is 10.1. The molecule has 0 bridgehead atoms. The standard InChI is InChI=1S/C11H11F2NO4S/c1-7-6-8(3-5-10(15)16)2-4-9(7)14-19(17,18)11(12)13/h2-6,11,14H,1H3,(H,15,16)/b5-3+. The van der Waals surface area contributed by atoms with Gasteiger partial charge < -0.3 is 5.11 Å². The molecule has 0 radical (unpaired) electrons. The van der Waals surface area contributed by atoms with Crippen LogP contribution in [-0.4, -0.2) is 25.3 Å². The summed E-state index contributed by atoms with van der Waals surface area (Å²) in [5, 5.41) is 8.45. The Balaban J connectivity index is 2.99. The second kappa shape index (κ2) is 5.79. The van der Waals surface area contributed by atoms with Crippen LogP contribution in [0.5, 0.6) is 0 Å². The molecule has 0 unspecified atom stereocenters. The fraction of sp³-hybridized carbons (Fsp3) is 0.182. The van der Waals surface area contributed by atoms with E-state index in [4.69, 9.17) is 5.11 Å². The van der Waals surface area contributed by atoms with Crippen molar-refractivity contribution in [1.82, 2.24) is 0 Å². The molecule has 1 aromatic carbocycles. The molecule has 0 aliphatic rings. The summed E-state index contributed by atoms with van der Waals surface area (Å²) in [7, 11) is -4.71. The van der Waals surface area contributed by atoms with Gasteiger partial charge in [-0.15, -0.1) is 0 Å². The first-order valence-electron chi connectivity index (χ1n) is 5.04. The molecule has 1 aromatic rings. The second-order valence-corrected chi connectivity index (χ2v) is 5.30. The zero-order valence-corrected chi connectivity index (χ0v) is 10.6. The molecular weight excluding hydrogens is 280 g/mol. The zero-order valence-electron chi connectivity index (χ0n) is 9.80. The molecule has 0 saturated heterocycles. The number of hydrogen-bond acceptors (Lipinski definition) is 3. The van der Waals surface area contributed by atoms with Crippen LogP contribution in [0.15, 0.2) is 24.3 Å². The number of halogens is 2. The van der Waals surface area contributed by atoms with Crippen molar-refractivity contribution in [3.05, 3.63) is 35.4 Å². The minimum absolute atomic E-state index is 0.0211. The summed E-state index contributed by atoms with van der Waals surface area (Å²) in [5.41, 5.74) is 0.935. The van der Waals surface area contributed by atoms with E-state index >= 15 is 0 Å². The third-order valence-corrected chi connectivity index (χ3v) is 3.13. The van der Waals surface area contributed by atoms with Crippen molar-refractivity contribution in [2.24, 2.45) is 0 Å². The predicted octanol–water partition coefficient (Wildman–Crippen LogP) is 2.06. The van der Waals surface area contributed by atoms with E-state index in [1.807, 2.05) is 0 Å². The second-order valence-electron chi connectivity index (χ2n) is 3.65. The van der Waals surface area contributed by atoms with E-state index in [0.717, 1.165) is 6.08 Å². The lowest BCUT2D eigenvalue weighted by Crippen LogP contribution is -2.21. The lowest BCUT2D eigenvalue weighted by Gasteiger charge is -2.10. The Bertz CT molecular complexity index is 611. The van der Waals surface area contributed by atoms with E-state index in [9.17, 15) is 22.0 Å². The van der Waals surface area contributed by atoms with Gasteiger partial charge in [0.05, 0.1) is 5.69 Å². The molecule has 0 spiro atoms. The Kier molecular flexibility index (Phi) is 4.60. The van der Waals surface area contributed by atoms with E-state index in [0.29, 0.717) is 11.1 Å². The van der Waals surface area contributed by atoms with Gasteiger partial charge in [0.25, 0.3) is 10.0 Å². The molecule has 0 fully saturated rings. The smallest absolute Gasteiger partial charge is 0.355 e. The molecule has 104 valence electrons. The minimum atomic E-state index is -4.71. The highest BCUT2D eigenvalue weighted by molar-refractivity contribution is 7.93. The highest BCUT2D eigenvalue weighted by atomic mass is 32.2. The van der Waals surface area contributed by atoms with Crippen molar-refractivity contribution in [3.8, 4) is 0 Å². The number of anilines is 1. The minimum Gasteiger partial charge on any atom is -0.478 e. The fourth-order valence-electron chi connectivity index (χ4n) is 1.27. The van der Waals surface area contributed by atoms with Crippen LogP contribution in [0.2, 0.25) is 0 Å². The number of benzene rings is 1. The summed E-state index contributed by atoms with van der Waals surface area (Å²) in [6.45, 7) is 1.52. The number of carbonyl (C=O) groups is 1. The molecule has 0 atom stereocenters. The Morgan fingerprint density at radius 3 is 2.53 bits per heavy atom. The van der Waals surface area contributed by atoms with Gasteiger partial charge in [-0.25, -0.2) is 13.2 Å². The average Bonchev–Trinajstić information content (AvgIpc) is 2.29. The van der Waals surface area contributed by atoms with Crippen LogP contribution in [0.4, 0.5) is 14.5 Å². The first-order valence-corrected chi connectivity index (χ1v) is 6.58. The van der Waals surface area contributed by atoms with Gasteiger partial charge in [0.1, 0.15) is 0 Å². The van der Waals surface area contributed by atoms with Gasteiger partial charge in [-0.2, -0.15) is 8.78 Å². The monoisotopic (exact) mass is 291 g/mol. The number of nitrogens with one attached hydrogen (secondary N) is 1. The van der Waals surface area contributed by atoms with Gasteiger partial charge in [0, 0.05) is 6.08 Å². The maximum atomic E-state index is 12.2. The summed E-state index contributed by atoms with van der Waals surface area (Å²) in [6, 6.07) is 4.18. The van der Waals surface area contributed by atoms with Crippen LogP contribution >= 0.6 is 0 Å². The average molecular weight is 291 g/mol. The predicted molar refractivity (Wildman–Crippen MR) is 66.4 cm³/mol. The van der Waals surface area contributed by atoms with Crippen LogP contribution in [0.25, 0.3) is 6.08 Å². The van der Waals surface area contributed by atoms with Crippen LogP contribution in [0.3, 0.4) is 0 Å². The molecule has 19 heavy (non-hydrogen) atoms. The first kappa shape index (κ1) is 15.1. The van der Waals surface area contributed by atoms with Crippen molar-refractivity contribution in [2.75, 3.05) is 4.72 Å². The first-order chi connectivity index (χ1) is 8.72. The summed E-state index contributed by atoms with van der Waals surface area (Å²) in [5.74, 6) is -4.64. The zero-order chi connectivity index (χ0) is 14.6. The van der Waals surface area contributed by atoms with E-state index in [1.165, 1.54) is 31.2 Å².